The van der Waals surface area contributed by atoms with Gasteiger partial charge in [-0.1, -0.05) is 37.6 Å². The van der Waals surface area contributed by atoms with Gasteiger partial charge in [0.2, 0.25) is 10.0 Å². The minimum atomic E-state index is -3.45. The number of hydrogen-bond acceptors (Lipinski definition) is 8. The molecule has 44 heavy (non-hydrogen) atoms. The number of aromatic nitrogens is 3. The molecule has 230 valence electrons. The number of sulfonamides is 1. The van der Waals surface area contributed by atoms with Gasteiger partial charge in [-0.25, -0.2) is 32.2 Å². The summed E-state index contributed by atoms with van der Waals surface area (Å²) in [6, 6.07) is 13.8. The summed E-state index contributed by atoms with van der Waals surface area (Å²) in [6.45, 7) is 5.77. The highest BCUT2D eigenvalue weighted by Gasteiger charge is 2.30. The van der Waals surface area contributed by atoms with Gasteiger partial charge >= 0.3 is 0 Å². The first-order valence-corrected chi connectivity index (χ1v) is 16.8. The van der Waals surface area contributed by atoms with Crippen molar-refractivity contribution in [2.24, 2.45) is 0 Å². The number of halogens is 3. The van der Waals surface area contributed by atoms with E-state index in [1.165, 1.54) is 40.2 Å². The van der Waals surface area contributed by atoms with Gasteiger partial charge in [0.25, 0.3) is 0 Å². The summed E-state index contributed by atoms with van der Waals surface area (Å²) < 4.78 is 61.5. The van der Waals surface area contributed by atoms with E-state index in [0.717, 1.165) is 0 Å². The van der Waals surface area contributed by atoms with Crippen molar-refractivity contribution in [1.82, 2.24) is 19.3 Å². The summed E-state index contributed by atoms with van der Waals surface area (Å²) in [7, 11) is -3.45. The highest BCUT2D eigenvalue weighted by Crippen LogP contribution is 2.36. The number of rotatable bonds is 12. The number of hydrogen-bond donors (Lipinski definition) is 1. The van der Waals surface area contributed by atoms with Crippen LogP contribution in [0, 0.1) is 11.6 Å². The molecule has 0 amide bonds. The molecule has 8 nitrogen and oxygen atoms in total. The Labute approximate surface area is 263 Å². The quantitative estimate of drug-likeness (QED) is 0.145. The van der Waals surface area contributed by atoms with E-state index in [1.54, 1.807) is 55.6 Å². The van der Waals surface area contributed by atoms with Crippen LogP contribution in [0.15, 0.2) is 66.3 Å². The summed E-state index contributed by atoms with van der Waals surface area (Å²) in [4.78, 5) is 13.3. The van der Waals surface area contributed by atoms with Crippen molar-refractivity contribution in [2.45, 2.75) is 39.8 Å². The smallest absolute Gasteiger partial charge is 0.214 e. The average Bonchev–Trinajstić information content (AvgIpc) is 3.48. The topological polar surface area (TPSA) is 97.3 Å². The fourth-order valence-electron chi connectivity index (χ4n) is 4.84. The molecule has 13 heteroatoms. The third kappa shape index (κ3) is 6.83. The summed E-state index contributed by atoms with van der Waals surface area (Å²) >= 11 is 7.78. The lowest BCUT2D eigenvalue weighted by molar-refractivity contribution is 0.306. The molecule has 1 atom stereocenters. The monoisotopic (exact) mass is 657 g/mol. The Morgan fingerprint density at radius 3 is 2.59 bits per heavy atom. The van der Waals surface area contributed by atoms with E-state index >= 15 is 4.39 Å². The van der Waals surface area contributed by atoms with E-state index in [4.69, 9.17) is 16.3 Å². The predicted octanol–water partition coefficient (Wildman–Crippen LogP) is 8.13. The Hall–Kier alpha value is -3.71. The summed E-state index contributed by atoms with van der Waals surface area (Å²) in [5, 5.41) is 6.43. The first-order valence-electron chi connectivity index (χ1n) is 14.0. The SMILES string of the molecule is CCC(c1nc(-c2cc3c(Nc4ccc(OCc5cccc(F)c5)c(Cl)c4)ncnc3cc2F)cs1)N(CC)S(=O)(=O)CC. The minimum absolute atomic E-state index is 0.0134. The maximum Gasteiger partial charge on any atom is 0.214 e. The Bertz CT molecular complexity index is 1910. The highest BCUT2D eigenvalue weighted by molar-refractivity contribution is 7.89. The molecule has 5 rings (SSSR count). The number of ether oxygens (including phenoxy) is 1. The zero-order chi connectivity index (χ0) is 31.4. The molecule has 0 aliphatic heterocycles. The third-order valence-corrected chi connectivity index (χ3v) is 10.3. The van der Waals surface area contributed by atoms with Crippen molar-refractivity contribution in [1.29, 1.82) is 0 Å². The van der Waals surface area contributed by atoms with E-state index < -0.39 is 21.9 Å². The van der Waals surface area contributed by atoms with E-state index in [0.29, 0.717) is 62.4 Å². The van der Waals surface area contributed by atoms with Crippen molar-refractivity contribution < 1.29 is 21.9 Å². The van der Waals surface area contributed by atoms with Crippen molar-refractivity contribution in [3.8, 4) is 17.0 Å². The molecule has 0 fully saturated rings. The summed E-state index contributed by atoms with van der Waals surface area (Å²) in [5.74, 6) is -0.0166. The van der Waals surface area contributed by atoms with E-state index in [-0.39, 0.29) is 23.7 Å². The van der Waals surface area contributed by atoms with Crippen LogP contribution in [0.3, 0.4) is 0 Å². The largest absolute Gasteiger partial charge is 0.487 e. The zero-order valence-electron chi connectivity index (χ0n) is 24.2. The standard InChI is InChI=1S/C31H30ClF2N5O3S2/c1-4-28(39(5-2)44(40,41)6-3)31-38-27(17-43-31)22-14-23-26(15-25(22)34)35-18-36-30(23)37-21-10-11-29(24(32)13-21)42-16-19-8-7-9-20(33)12-19/h7-15,17-18,28H,4-6,16H2,1-3H3,(H,35,36,37). The molecule has 2 heterocycles. The molecule has 0 saturated carbocycles. The maximum absolute atomic E-state index is 15.4. The second-order valence-corrected chi connectivity index (χ2v) is 13.4. The minimum Gasteiger partial charge on any atom is -0.487 e. The van der Waals surface area contributed by atoms with Crippen LogP contribution in [-0.2, 0) is 16.6 Å². The normalized spacial score (nSPS) is 12.5. The van der Waals surface area contributed by atoms with Gasteiger partial charge in [0.05, 0.1) is 28.0 Å². The van der Waals surface area contributed by atoms with Crippen molar-refractivity contribution >= 4 is 55.4 Å². The number of fused-ring (bicyclic) bond motifs is 1. The molecule has 0 spiro atoms. The predicted molar refractivity (Wildman–Crippen MR) is 171 cm³/mol. The summed E-state index contributed by atoms with van der Waals surface area (Å²) in [5.41, 5.74) is 2.30. The number of nitrogens with zero attached hydrogens (tertiary/aromatic N) is 4. The molecule has 0 radical (unpaired) electrons. The van der Waals surface area contributed by atoms with E-state index in [2.05, 4.69) is 20.3 Å². The van der Waals surface area contributed by atoms with Gasteiger partial charge in [0, 0.05) is 34.6 Å². The molecular weight excluding hydrogens is 628 g/mol. The number of anilines is 2. The highest BCUT2D eigenvalue weighted by atomic mass is 35.5. The second-order valence-electron chi connectivity index (χ2n) is 9.86. The number of thiazole rings is 1. The Kier molecular flexibility index (Phi) is 9.74. The van der Waals surface area contributed by atoms with Crippen LogP contribution >= 0.6 is 22.9 Å². The average molecular weight is 658 g/mol. The lowest BCUT2D eigenvalue weighted by Gasteiger charge is -2.27. The molecule has 0 bridgehead atoms. The van der Waals surface area contributed by atoms with E-state index in [9.17, 15) is 12.8 Å². The lowest BCUT2D eigenvalue weighted by atomic mass is 10.1. The van der Waals surface area contributed by atoms with Crippen molar-refractivity contribution in [3.63, 3.8) is 0 Å². The summed E-state index contributed by atoms with van der Waals surface area (Å²) in [6.07, 6.45) is 1.86. The molecular formula is C31H30ClF2N5O3S2. The van der Waals surface area contributed by atoms with Gasteiger partial charge in [-0.15, -0.1) is 11.3 Å². The molecule has 5 aromatic rings. The fraction of sp³-hybridized carbons (Fsp3) is 0.258. The molecule has 0 aliphatic rings. The van der Waals surface area contributed by atoms with Crippen molar-refractivity contribution in [2.75, 3.05) is 17.6 Å². The van der Waals surface area contributed by atoms with Crippen LogP contribution in [0.2, 0.25) is 5.02 Å². The Morgan fingerprint density at radius 1 is 1.07 bits per heavy atom. The molecule has 2 aromatic heterocycles. The van der Waals surface area contributed by atoms with Gasteiger partial charge in [-0.3, -0.25) is 0 Å². The molecule has 3 aromatic carbocycles. The van der Waals surface area contributed by atoms with Gasteiger partial charge in [0.15, 0.2) is 0 Å². The van der Waals surface area contributed by atoms with Gasteiger partial charge < -0.3 is 10.1 Å². The lowest BCUT2D eigenvalue weighted by Crippen LogP contribution is -2.35. The zero-order valence-corrected chi connectivity index (χ0v) is 26.6. The van der Waals surface area contributed by atoms with Crippen LogP contribution < -0.4 is 10.1 Å². The van der Waals surface area contributed by atoms with Crippen LogP contribution in [0.4, 0.5) is 20.3 Å². The van der Waals surface area contributed by atoms with Gasteiger partial charge in [0.1, 0.15) is 41.1 Å². The molecule has 0 saturated heterocycles. The molecule has 1 unspecified atom stereocenters. The first kappa shape index (κ1) is 31.7. The third-order valence-electron chi connectivity index (χ3n) is 7.05. The Morgan fingerprint density at radius 2 is 1.89 bits per heavy atom. The molecule has 0 aliphatic carbocycles. The fourth-order valence-corrected chi connectivity index (χ4v) is 7.51. The van der Waals surface area contributed by atoms with Gasteiger partial charge in [-0.05, 0) is 55.3 Å². The van der Waals surface area contributed by atoms with Crippen LogP contribution in [0.5, 0.6) is 5.75 Å². The van der Waals surface area contributed by atoms with Crippen LogP contribution in [0.1, 0.15) is 43.8 Å². The number of nitrogens with one attached hydrogen (secondary N) is 1. The van der Waals surface area contributed by atoms with Crippen molar-refractivity contribution in [3.05, 3.63) is 93.5 Å². The maximum atomic E-state index is 15.4. The second kappa shape index (κ2) is 13.5. The van der Waals surface area contributed by atoms with Crippen LogP contribution in [0.25, 0.3) is 22.2 Å². The van der Waals surface area contributed by atoms with E-state index in [1.807, 2.05) is 6.92 Å². The van der Waals surface area contributed by atoms with Gasteiger partial charge in [-0.2, -0.15) is 4.31 Å². The number of benzene rings is 3. The van der Waals surface area contributed by atoms with Crippen LogP contribution in [-0.4, -0.2) is 40.0 Å². The first-order chi connectivity index (χ1) is 21.1. The molecule has 1 N–H and O–H groups in total. The Balaban J connectivity index is 1.41.